The van der Waals surface area contributed by atoms with Gasteiger partial charge in [-0.2, -0.15) is 0 Å². The van der Waals surface area contributed by atoms with Crippen LogP contribution in [0.3, 0.4) is 0 Å². The first kappa shape index (κ1) is 26.4. The molecule has 0 spiro atoms. The van der Waals surface area contributed by atoms with Gasteiger partial charge in [-0.15, -0.1) is 24.0 Å². The molecule has 1 aliphatic heterocycles. The second kappa shape index (κ2) is 15.1. The van der Waals surface area contributed by atoms with E-state index in [1.165, 1.54) is 6.07 Å². The van der Waals surface area contributed by atoms with E-state index in [2.05, 4.69) is 20.5 Å². The van der Waals surface area contributed by atoms with Crippen LogP contribution in [0.2, 0.25) is 0 Å². The van der Waals surface area contributed by atoms with Gasteiger partial charge in [0.1, 0.15) is 11.9 Å². The molecule has 0 amide bonds. The lowest BCUT2D eigenvalue weighted by Crippen LogP contribution is -2.41. The Balaban J connectivity index is 0.00000363. The predicted octanol–water partition coefficient (Wildman–Crippen LogP) is 3.30. The molecule has 1 aromatic heterocycles. The number of hydrogen-bond donors (Lipinski definition) is 2. The van der Waals surface area contributed by atoms with E-state index in [9.17, 15) is 4.39 Å². The molecule has 1 fully saturated rings. The smallest absolute Gasteiger partial charge is 0.191 e. The molecule has 9 heteroatoms. The summed E-state index contributed by atoms with van der Waals surface area (Å²) in [5.41, 5.74) is 0. The molecule has 178 valence electrons. The molecule has 0 saturated carbocycles. The lowest BCUT2D eigenvalue weighted by atomic mass is 10.3. The fourth-order valence-electron chi connectivity index (χ4n) is 3.28. The first-order chi connectivity index (χ1) is 15.2. The van der Waals surface area contributed by atoms with Crippen molar-refractivity contribution in [3.8, 4) is 5.75 Å². The average Bonchev–Trinajstić information content (AvgIpc) is 3.30. The number of ether oxygens (including phenoxy) is 2. The van der Waals surface area contributed by atoms with Crippen molar-refractivity contribution in [2.75, 3.05) is 52.5 Å². The lowest BCUT2D eigenvalue weighted by Gasteiger charge is -2.26. The molecule has 32 heavy (non-hydrogen) atoms. The van der Waals surface area contributed by atoms with Gasteiger partial charge in [0, 0.05) is 32.6 Å². The van der Waals surface area contributed by atoms with Crippen molar-refractivity contribution in [2.45, 2.75) is 25.9 Å². The van der Waals surface area contributed by atoms with E-state index in [4.69, 9.17) is 13.9 Å². The van der Waals surface area contributed by atoms with E-state index in [1.54, 1.807) is 24.5 Å². The number of nitrogens with zero attached hydrogens (tertiary/aromatic N) is 2. The first-order valence-corrected chi connectivity index (χ1v) is 11.0. The number of nitrogens with one attached hydrogen (secondary N) is 2. The maximum absolute atomic E-state index is 13.8. The van der Waals surface area contributed by atoms with Crippen molar-refractivity contribution in [1.82, 2.24) is 15.5 Å². The van der Waals surface area contributed by atoms with E-state index < -0.39 is 0 Å². The normalized spacial score (nSPS) is 15.6. The Kier molecular flexibility index (Phi) is 12.4. The van der Waals surface area contributed by atoms with Crippen LogP contribution in [0.1, 0.15) is 19.1 Å². The minimum atomic E-state index is -0.364. The van der Waals surface area contributed by atoms with Crippen LogP contribution in [-0.2, 0) is 11.2 Å². The van der Waals surface area contributed by atoms with Crippen LogP contribution < -0.4 is 15.4 Å². The van der Waals surface area contributed by atoms with Gasteiger partial charge in [-0.3, -0.25) is 4.90 Å². The summed E-state index contributed by atoms with van der Waals surface area (Å²) >= 11 is 0. The highest BCUT2D eigenvalue weighted by Crippen LogP contribution is 2.17. The van der Waals surface area contributed by atoms with Crippen LogP contribution in [0.4, 0.5) is 4.39 Å². The summed E-state index contributed by atoms with van der Waals surface area (Å²) in [6, 6.07) is 10.3. The van der Waals surface area contributed by atoms with Gasteiger partial charge >= 0.3 is 0 Å². The number of aliphatic imine (C=N–C) groups is 1. The maximum Gasteiger partial charge on any atom is 0.191 e. The predicted molar refractivity (Wildman–Crippen MR) is 135 cm³/mol. The Labute approximate surface area is 206 Å². The summed E-state index contributed by atoms with van der Waals surface area (Å²) in [4.78, 5) is 7.05. The van der Waals surface area contributed by atoms with Gasteiger partial charge < -0.3 is 24.5 Å². The molecule has 3 rings (SSSR count). The summed E-state index contributed by atoms with van der Waals surface area (Å²) in [5.74, 6) is 1.53. The molecule has 1 unspecified atom stereocenters. The third-order valence-electron chi connectivity index (χ3n) is 4.96. The van der Waals surface area contributed by atoms with Gasteiger partial charge in [0.25, 0.3) is 0 Å². The number of hydrogen-bond acceptors (Lipinski definition) is 5. The standard InChI is InChI=1S/C23H33FN4O3.HI/c1-19(31-22-8-3-2-7-21(22)24)18-27-23(26-11-9-20-6-4-15-30-20)25-10-5-12-28-13-16-29-17-14-28;/h2-4,6-8,15,19H,5,9-14,16-18H2,1H3,(H2,25,26,27);1H. The summed E-state index contributed by atoms with van der Waals surface area (Å²) in [7, 11) is 0. The van der Waals surface area contributed by atoms with Crippen LogP contribution in [0.5, 0.6) is 5.75 Å². The highest BCUT2D eigenvalue weighted by molar-refractivity contribution is 14.0. The fraction of sp³-hybridized carbons (Fsp3) is 0.522. The van der Waals surface area contributed by atoms with E-state index in [-0.39, 0.29) is 41.6 Å². The number of halogens is 2. The molecule has 7 nitrogen and oxygen atoms in total. The van der Waals surface area contributed by atoms with Crippen LogP contribution in [0.25, 0.3) is 0 Å². The van der Waals surface area contributed by atoms with Gasteiger partial charge in [-0.05, 0) is 44.2 Å². The maximum atomic E-state index is 13.8. The largest absolute Gasteiger partial charge is 0.486 e. The Morgan fingerprint density at radius 1 is 1.16 bits per heavy atom. The number of morpholine rings is 1. The molecule has 1 atom stereocenters. The highest BCUT2D eigenvalue weighted by atomic mass is 127. The zero-order chi connectivity index (χ0) is 21.7. The molecule has 2 N–H and O–H groups in total. The zero-order valence-electron chi connectivity index (χ0n) is 18.6. The van der Waals surface area contributed by atoms with Gasteiger partial charge in [0.2, 0.25) is 0 Å². The van der Waals surface area contributed by atoms with Crippen LogP contribution in [-0.4, -0.2) is 69.4 Å². The average molecular weight is 560 g/mol. The van der Waals surface area contributed by atoms with Crippen LogP contribution in [0, 0.1) is 5.82 Å². The van der Waals surface area contributed by atoms with Crippen molar-refractivity contribution >= 4 is 29.9 Å². The van der Waals surface area contributed by atoms with Gasteiger partial charge in [-0.25, -0.2) is 9.38 Å². The molecular weight excluding hydrogens is 526 g/mol. The SMILES string of the molecule is CC(CN=C(NCCCN1CCOCC1)NCCc1ccco1)Oc1ccccc1F.I. The molecule has 2 heterocycles. The second-order valence-corrected chi connectivity index (χ2v) is 7.54. The first-order valence-electron chi connectivity index (χ1n) is 11.0. The Hall–Kier alpha value is -1.85. The van der Waals surface area contributed by atoms with Crippen molar-refractivity contribution in [1.29, 1.82) is 0 Å². The number of rotatable bonds is 11. The lowest BCUT2D eigenvalue weighted by molar-refractivity contribution is 0.0376. The third kappa shape index (κ3) is 9.74. The molecule has 1 aromatic carbocycles. The number of benzene rings is 1. The number of guanidine groups is 1. The molecule has 1 aliphatic rings. The topological polar surface area (TPSA) is 71.3 Å². The van der Waals surface area contributed by atoms with Gasteiger partial charge in [0.05, 0.1) is 26.0 Å². The Morgan fingerprint density at radius 3 is 2.69 bits per heavy atom. The van der Waals surface area contributed by atoms with Crippen molar-refractivity contribution in [3.05, 3.63) is 54.2 Å². The van der Waals surface area contributed by atoms with Gasteiger partial charge in [-0.1, -0.05) is 12.1 Å². The monoisotopic (exact) mass is 560 g/mol. The summed E-state index contributed by atoms with van der Waals surface area (Å²) in [6.07, 6.45) is 3.20. The summed E-state index contributed by atoms with van der Waals surface area (Å²) in [6.45, 7) is 8.45. The van der Waals surface area contributed by atoms with E-state index in [0.29, 0.717) is 13.1 Å². The number of para-hydroxylation sites is 1. The summed E-state index contributed by atoms with van der Waals surface area (Å²) < 4.78 is 30.3. The number of furan rings is 1. The van der Waals surface area contributed by atoms with Crippen molar-refractivity contribution in [2.24, 2.45) is 4.99 Å². The van der Waals surface area contributed by atoms with Crippen molar-refractivity contribution in [3.63, 3.8) is 0 Å². The molecule has 0 aliphatic carbocycles. The fourth-order valence-corrected chi connectivity index (χ4v) is 3.28. The minimum absolute atomic E-state index is 0. The molecule has 0 radical (unpaired) electrons. The Bertz CT molecular complexity index is 785. The minimum Gasteiger partial charge on any atom is -0.486 e. The van der Waals surface area contributed by atoms with Gasteiger partial charge in [0.15, 0.2) is 17.5 Å². The quantitative estimate of drug-likeness (QED) is 0.190. The third-order valence-corrected chi connectivity index (χ3v) is 4.96. The molecule has 0 bridgehead atoms. The highest BCUT2D eigenvalue weighted by Gasteiger charge is 2.10. The van der Waals surface area contributed by atoms with E-state index in [1.807, 2.05) is 19.1 Å². The van der Waals surface area contributed by atoms with Crippen LogP contribution in [0.15, 0.2) is 52.1 Å². The van der Waals surface area contributed by atoms with E-state index >= 15 is 0 Å². The Morgan fingerprint density at radius 2 is 1.94 bits per heavy atom. The second-order valence-electron chi connectivity index (χ2n) is 7.54. The molecule has 1 saturated heterocycles. The summed E-state index contributed by atoms with van der Waals surface area (Å²) in [5, 5.41) is 6.73. The van der Waals surface area contributed by atoms with Crippen molar-refractivity contribution < 1.29 is 18.3 Å². The van der Waals surface area contributed by atoms with Crippen LogP contribution >= 0.6 is 24.0 Å². The molecular formula is C23H34FIN4O3. The zero-order valence-corrected chi connectivity index (χ0v) is 20.9. The van der Waals surface area contributed by atoms with E-state index in [0.717, 1.165) is 64.0 Å². The molecule has 2 aromatic rings.